The monoisotopic (exact) mass is 408 g/mol. The predicted octanol–water partition coefficient (Wildman–Crippen LogP) is 3.94. The van der Waals surface area contributed by atoms with Gasteiger partial charge in [-0.15, -0.1) is 0 Å². The summed E-state index contributed by atoms with van der Waals surface area (Å²) in [4.78, 5) is 11.4. The summed E-state index contributed by atoms with van der Waals surface area (Å²) >= 11 is 0. The molecule has 0 saturated carbocycles. The van der Waals surface area contributed by atoms with Gasteiger partial charge in [-0.05, 0) is 61.3 Å². The molecule has 1 aliphatic rings. The van der Waals surface area contributed by atoms with Crippen molar-refractivity contribution in [1.82, 2.24) is 0 Å². The SMILES string of the molecule is NCC(N)C(=O)OCCCCCCOc1cccc2c1CCC(c1ccccc1)=C2. The van der Waals surface area contributed by atoms with Crippen molar-refractivity contribution in [2.45, 2.75) is 44.6 Å². The van der Waals surface area contributed by atoms with Crippen LogP contribution in [-0.4, -0.2) is 31.8 Å². The van der Waals surface area contributed by atoms with Crippen LogP contribution in [0.3, 0.4) is 0 Å². The maximum Gasteiger partial charge on any atom is 0.324 e. The Morgan fingerprint density at radius 2 is 1.70 bits per heavy atom. The quantitative estimate of drug-likeness (QED) is 0.434. The van der Waals surface area contributed by atoms with Crippen LogP contribution in [0.15, 0.2) is 48.5 Å². The van der Waals surface area contributed by atoms with E-state index in [1.54, 1.807) is 0 Å². The normalized spacial score (nSPS) is 13.9. The molecule has 4 N–H and O–H groups in total. The Morgan fingerprint density at radius 3 is 2.47 bits per heavy atom. The summed E-state index contributed by atoms with van der Waals surface area (Å²) < 4.78 is 11.2. The highest BCUT2D eigenvalue weighted by molar-refractivity contribution is 5.85. The number of carbonyl (C=O) groups is 1. The molecule has 3 rings (SSSR count). The van der Waals surface area contributed by atoms with Crippen LogP contribution in [0.25, 0.3) is 11.6 Å². The Balaban J connectivity index is 1.40. The topological polar surface area (TPSA) is 87.6 Å². The summed E-state index contributed by atoms with van der Waals surface area (Å²) in [5.74, 6) is 0.583. The van der Waals surface area contributed by atoms with Gasteiger partial charge in [-0.2, -0.15) is 0 Å². The van der Waals surface area contributed by atoms with Gasteiger partial charge in [0.25, 0.3) is 0 Å². The number of ether oxygens (including phenoxy) is 2. The summed E-state index contributed by atoms with van der Waals surface area (Å²) in [6, 6.07) is 16.2. The van der Waals surface area contributed by atoms with Gasteiger partial charge in [0.05, 0.1) is 13.2 Å². The third-order valence-electron chi connectivity index (χ3n) is 5.39. The second kappa shape index (κ2) is 11.5. The van der Waals surface area contributed by atoms with E-state index < -0.39 is 12.0 Å². The third kappa shape index (κ3) is 6.18. The average molecular weight is 409 g/mol. The molecule has 2 aromatic carbocycles. The lowest BCUT2D eigenvalue weighted by molar-refractivity contribution is -0.145. The van der Waals surface area contributed by atoms with Gasteiger partial charge in [0, 0.05) is 12.1 Å². The molecule has 5 heteroatoms. The fourth-order valence-electron chi connectivity index (χ4n) is 3.64. The zero-order valence-electron chi connectivity index (χ0n) is 17.5. The molecule has 0 aliphatic heterocycles. The Bertz CT molecular complexity index is 849. The number of fused-ring (bicyclic) bond motifs is 1. The smallest absolute Gasteiger partial charge is 0.324 e. The molecule has 0 bridgehead atoms. The Kier molecular flexibility index (Phi) is 8.48. The van der Waals surface area contributed by atoms with Gasteiger partial charge >= 0.3 is 5.97 Å². The lowest BCUT2D eigenvalue weighted by atomic mass is 9.88. The van der Waals surface area contributed by atoms with E-state index in [1.165, 1.54) is 22.3 Å². The van der Waals surface area contributed by atoms with Crippen LogP contribution in [0, 0.1) is 0 Å². The highest BCUT2D eigenvalue weighted by Crippen LogP contribution is 2.35. The number of carbonyl (C=O) groups excluding carboxylic acids is 1. The van der Waals surface area contributed by atoms with Crippen molar-refractivity contribution in [3.63, 3.8) is 0 Å². The first-order chi connectivity index (χ1) is 14.7. The van der Waals surface area contributed by atoms with E-state index in [-0.39, 0.29) is 6.54 Å². The van der Waals surface area contributed by atoms with Gasteiger partial charge < -0.3 is 20.9 Å². The summed E-state index contributed by atoms with van der Waals surface area (Å²) in [6.07, 6.45) is 8.16. The first-order valence-electron chi connectivity index (χ1n) is 10.8. The fourth-order valence-corrected chi connectivity index (χ4v) is 3.64. The first-order valence-corrected chi connectivity index (χ1v) is 10.8. The maximum absolute atomic E-state index is 11.4. The number of allylic oxidation sites excluding steroid dienone is 1. The van der Waals surface area contributed by atoms with E-state index in [0.717, 1.165) is 44.3 Å². The molecule has 1 atom stereocenters. The molecular weight excluding hydrogens is 376 g/mol. The van der Waals surface area contributed by atoms with E-state index in [9.17, 15) is 4.79 Å². The minimum absolute atomic E-state index is 0.114. The van der Waals surface area contributed by atoms with E-state index in [2.05, 4.69) is 54.6 Å². The highest BCUT2D eigenvalue weighted by Gasteiger charge is 2.16. The molecule has 0 fully saturated rings. The van der Waals surface area contributed by atoms with Crippen molar-refractivity contribution in [2.75, 3.05) is 19.8 Å². The molecule has 0 amide bonds. The molecule has 5 nitrogen and oxygen atoms in total. The average Bonchev–Trinajstić information content (AvgIpc) is 2.80. The van der Waals surface area contributed by atoms with Gasteiger partial charge in [0.1, 0.15) is 11.8 Å². The van der Waals surface area contributed by atoms with Gasteiger partial charge in [-0.25, -0.2) is 0 Å². The lowest BCUT2D eigenvalue weighted by Crippen LogP contribution is -2.39. The van der Waals surface area contributed by atoms with Gasteiger partial charge in [0.15, 0.2) is 0 Å². The molecule has 30 heavy (non-hydrogen) atoms. The second-order valence-electron chi connectivity index (χ2n) is 7.63. The lowest BCUT2D eigenvalue weighted by Gasteiger charge is -2.20. The van der Waals surface area contributed by atoms with E-state index in [0.29, 0.717) is 13.2 Å². The van der Waals surface area contributed by atoms with Crippen molar-refractivity contribution in [2.24, 2.45) is 11.5 Å². The Morgan fingerprint density at radius 1 is 0.933 bits per heavy atom. The standard InChI is InChI=1S/C25H32N2O3/c26-18-23(27)25(28)30-16-7-2-1-6-15-29-24-12-8-11-21-17-20(13-14-22(21)24)19-9-4-3-5-10-19/h3-5,8-12,17,23H,1-2,6-7,13-16,18,26-27H2. The van der Waals surface area contributed by atoms with Crippen LogP contribution in [0.4, 0.5) is 0 Å². The summed E-state index contributed by atoms with van der Waals surface area (Å²) in [5, 5.41) is 0. The van der Waals surface area contributed by atoms with Crippen molar-refractivity contribution >= 4 is 17.6 Å². The number of benzene rings is 2. The zero-order chi connectivity index (χ0) is 21.2. The molecule has 0 aromatic heterocycles. The molecule has 0 radical (unpaired) electrons. The van der Waals surface area contributed by atoms with Crippen LogP contribution in [0.2, 0.25) is 0 Å². The van der Waals surface area contributed by atoms with Gasteiger partial charge in [0.2, 0.25) is 0 Å². The summed E-state index contributed by atoms with van der Waals surface area (Å²) in [5.41, 5.74) is 16.1. The number of esters is 1. The number of rotatable bonds is 11. The molecule has 160 valence electrons. The van der Waals surface area contributed by atoms with Crippen molar-refractivity contribution in [1.29, 1.82) is 0 Å². The minimum Gasteiger partial charge on any atom is -0.493 e. The molecule has 0 saturated heterocycles. The predicted molar refractivity (Wildman–Crippen MR) is 121 cm³/mol. The summed E-state index contributed by atoms with van der Waals surface area (Å²) in [6.45, 7) is 1.21. The van der Waals surface area contributed by atoms with Crippen LogP contribution in [-0.2, 0) is 16.0 Å². The van der Waals surface area contributed by atoms with E-state index in [4.69, 9.17) is 20.9 Å². The zero-order valence-corrected chi connectivity index (χ0v) is 17.5. The number of hydrogen-bond acceptors (Lipinski definition) is 5. The number of nitrogens with two attached hydrogens (primary N) is 2. The van der Waals surface area contributed by atoms with Gasteiger partial charge in [-0.3, -0.25) is 4.79 Å². The fraction of sp³-hybridized carbons (Fsp3) is 0.400. The molecule has 2 aromatic rings. The Hall–Kier alpha value is -2.63. The third-order valence-corrected chi connectivity index (χ3v) is 5.39. The molecule has 0 heterocycles. The number of unbranched alkanes of at least 4 members (excludes halogenated alkanes) is 3. The summed E-state index contributed by atoms with van der Waals surface area (Å²) in [7, 11) is 0. The van der Waals surface area contributed by atoms with Crippen LogP contribution < -0.4 is 16.2 Å². The van der Waals surface area contributed by atoms with Crippen LogP contribution >= 0.6 is 0 Å². The Labute approximate surface area is 179 Å². The van der Waals surface area contributed by atoms with E-state index in [1.807, 2.05) is 0 Å². The van der Waals surface area contributed by atoms with Crippen molar-refractivity contribution in [3.05, 3.63) is 65.2 Å². The highest BCUT2D eigenvalue weighted by atomic mass is 16.5. The molecule has 0 spiro atoms. The number of hydrogen-bond donors (Lipinski definition) is 2. The minimum atomic E-state index is -0.714. The van der Waals surface area contributed by atoms with Crippen molar-refractivity contribution in [3.8, 4) is 5.75 Å². The van der Waals surface area contributed by atoms with Gasteiger partial charge in [-0.1, -0.05) is 48.5 Å². The first kappa shape index (κ1) is 22.1. The van der Waals surface area contributed by atoms with Crippen LogP contribution in [0.5, 0.6) is 5.75 Å². The molecule has 1 aliphatic carbocycles. The maximum atomic E-state index is 11.4. The molecule has 1 unspecified atom stereocenters. The molecular formula is C25H32N2O3. The van der Waals surface area contributed by atoms with Crippen LogP contribution in [0.1, 0.15) is 48.8 Å². The van der Waals surface area contributed by atoms with E-state index >= 15 is 0 Å². The second-order valence-corrected chi connectivity index (χ2v) is 7.63. The van der Waals surface area contributed by atoms with Crippen molar-refractivity contribution < 1.29 is 14.3 Å². The largest absolute Gasteiger partial charge is 0.493 e.